The number of carbonyl (C=O) groups excluding carboxylic acids is 2. The fraction of sp³-hybridized carbons (Fsp3) is 0.913. The second-order valence-electron chi connectivity index (χ2n) is 10.0. The van der Waals surface area contributed by atoms with Gasteiger partial charge in [-0.2, -0.15) is 0 Å². The average molecular weight is 349 g/mol. The Morgan fingerprint density at radius 3 is 1.20 bits per heavy atom. The van der Waals surface area contributed by atoms with E-state index in [1.165, 1.54) is 12.8 Å². The third-order valence-corrected chi connectivity index (χ3v) is 9.49. The van der Waals surface area contributed by atoms with E-state index in [-0.39, 0.29) is 18.3 Å². The molecule has 0 spiro atoms. The molecule has 4 atom stereocenters. The highest BCUT2D eigenvalue weighted by molar-refractivity contribution is 5.90. The van der Waals surface area contributed by atoms with E-state index in [9.17, 15) is 9.59 Å². The number of hydrogen-bond acceptors (Lipinski definition) is 2. The van der Waals surface area contributed by atoms with Gasteiger partial charge >= 0.3 is 0 Å². The predicted octanol–water partition coefficient (Wildman–Crippen LogP) is 6.22. The van der Waals surface area contributed by atoms with Gasteiger partial charge in [-0.15, -0.1) is 0 Å². The molecule has 0 saturated heterocycles. The minimum atomic E-state index is 0. The largest absolute Gasteiger partial charge is 0.299 e. The lowest BCUT2D eigenvalue weighted by Crippen LogP contribution is -2.34. The molecule has 0 aromatic heterocycles. The van der Waals surface area contributed by atoms with Crippen molar-refractivity contribution in [3.8, 4) is 0 Å². The van der Waals surface area contributed by atoms with Crippen molar-refractivity contribution in [1.82, 2.24) is 0 Å². The number of carbonyl (C=O) groups is 2. The predicted molar refractivity (Wildman–Crippen MR) is 104 cm³/mol. The summed E-state index contributed by atoms with van der Waals surface area (Å²) in [5.74, 6) is 2.47. The molecule has 4 aliphatic carbocycles. The van der Waals surface area contributed by atoms with Crippen molar-refractivity contribution in [2.75, 3.05) is 0 Å². The quantitative estimate of drug-likeness (QED) is 0.593. The van der Waals surface area contributed by atoms with Crippen LogP contribution in [0.2, 0.25) is 0 Å². The van der Waals surface area contributed by atoms with Crippen LogP contribution < -0.4 is 0 Å². The summed E-state index contributed by atoms with van der Waals surface area (Å²) in [5, 5.41) is 0. The Kier molecular flexibility index (Phi) is 5.12. The molecule has 4 bridgehead atoms. The second kappa shape index (κ2) is 6.20. The number of hydrogen-bond donors (Lipinski definition) is 0. The van der Waals surface area contributed by atoms with Crippen molar-refractivity contribution in [2.45, 2.75) is 100 Å². The highest BCUT2D eigenvalue weighted by Gasteiger charge is 2.63. The summed E-state index contributed by atoms with van der Waals surface area (Å²) in [6, 6.07) is 0. The van der Waals surface area contributed by atoms with Gasteiger partial charge in [-0.1, -0.05) is 49.0 Å². The first-order chi connectivity index (χ1) is 11.1. The number of Topliss-reactive ketones (excluding diaryl/α,β-unsaturated/α-hetero) is 2. The molecule has 4 fully saturated rings. The number of rotatable bonds is 2. The fourth-order valence-electron chi connectivity index (χ4n) is 7.20. The summed E-state index contributed by atoms with van der Waals surface area (Å²) in [4.78, 5) is 23.6. The van der Waals surface area contributed by atoms with Gasteiger partial charge in [-0.3, -0.25) is 9.59 Å². The Bertz CT molecular complexity index is 508. The van der Waals surface area contributed by atoms with Crippen LogP contribution in [0.4, 0.5) is 0 Å². The molecule has 4 saturated carbocycles. The molecule has 0 heterocycles. The van der Waals surface area contributed by atoms with Gasteiger partial charge in [0, 0.05) is 23.7 Å². The molecular weight excluding hydrogens is 308 g/mol. The lowest BCUT2D eigenvalue weighted by Gasteiger charge is -2.35. The molecule has 144 valence electrons. The summed E-state index contributed by atoms with van der Waals surface area (Å²) in [7, 11) is 0. The lowest BCUT2D eigenvalue weighted by molar-refractivity contribution is -0.130. The van der Waals surface area contributed by atoms with E-state index in [1.807, 2.05) is 0 Å². The normalized spacial score (nSPS) is 42.2. The molecule has 4 rings (SSSR count). The monoisotopic (exact) mass is 348 g/mol. The molecule has 0 radical (unpaired) electrons. The Morgan fingerprint density at radius 1 is 0.760 bits per heavy atom. The van der Waals surface area contributed by atoms with Gasteiger partial charge in [-0.05, 0) is 61.2 Å². The topological polar surface area (TPSA) is 34.1 Å². The second-order valence-corrected chi connectivity index (χ2v) is 10.0. The summed E-state index contributed by atoms with van der Waals surface area (Å²) < 4.78 is 0. The van der Waals surface area contributed by atoms with E-state index >= 15 is 0 Å². The van der Waals surface area contributed by atoms with Crippen molar-refractivity contribution < 1.29 is 9.59 Å². The SMILES string of the molecule is C.CCC12CCC(CC1=O)C2(C)C.CCC12CCC(CC1=O)C2(C)C. The van der Waals surface area contributed by atoms with E-state index < -0.39 is 0 Å². The molecule has 0 aliphatic heterocycles. The minimum Gasteiger partial charge on any atom is -0.299 e. The summed E-state index contributed by atoms with van der Waals surface area (Å²) in [6.07, 6.45) is 8.70. The molecule has 0 N–H and O–H groups in total. The van der Waals surface area contributed by atoms with Gasteiger partial charge in [-0.25, -0.2) is 0 Å². The molecule has 4 unspecified atom stereocenters. The first-order valence-corrected chi connectivity index (χ1v) is 10.2. The van der Waals surface area contributed by atoms with Gasteiger partial charge in [0.05, 0.1) is 0 Å². The number of fused-ring (bicyclic) bond motifs is 4. The zero-order valence-corrected chi connectivity index (χ0v) is 16.6. The zero-order valence-electron chi connectivity index (χ0n) is 16.6. The highest BCUT2D eigenvalue weighted by atomic mass is 16.1. The lowest BCUT2D eigenvalue weighted by atomic mass is 9.67. The maximum atomic E-state index is 11.8. The zero-order chi connectivity index (χ0) is 18.0. The summed E-state index contributed by atoms with van der Waals surface area (Å²) >= 11 is 0. The van der Waals surface area contributed by atoms with E-state index in [4.69, 9.17) is 0 Å². The maximum Gasteiger partial charge on any atom is 0.139 e. The Balaban J connectivity index is 0.000000173. The maximum absolute atomic E-state index is 11.8. The van der Waals surface area contributed by atoms with Crippen LogP contribution in [0.3, 0.4) is 0 Å². The van der Waals surface area contributed by atoms with Crippen LogP contribution in [-0.4, -0.2) is 11.6 Å². The van der Waals surface area contributed by atoms with Crippen LogP contribution in [0.1, 0.15) is 100 Å². The van der Waals surface area contributed by atoms with Crippen LogP contribution in [0.5, 0.6) is 0 Å². The van der Waals surface area contributed by atoms with Gasteiger partial charge in [0.25, 0.3) is 0 Å². The first kappa shape index (κ1) is 20.6. The van der Waals surface area contributed by atoms with Gasteiger partial charge < -0.3 is 0 Å². The third-order valence-electron chi connectivity index (χ3n) is 9.49. The summed E-state index contributed by atoms with van der Waals surface area (Å²) in [6.45, 7) is 13.5. The summed E-state index contributed by atoms with van der Waals surface area (Å²) in [5.41, 5.74) is 0.715. The van der Waals surface area contributed by atoms with E-state index in [1.54, 1.807) is 0 Å². The average Bonchev–Trinajstić information content (AvgIpc) is 3.07. The highest BCUT2D eigenvalue weighted by Crippen LogP contribution is 2.66. The minimum absolute atomic E-state index is 0. The smallest absolute Gasteiger partial charge is 0.139 e. The van der Waals surface area contributed by atoms with Crippen LogP contribution in [0, 0.1) is 33.5 Å². The molecule has 0 amide bonds. The fourth-order valence-corrected chi connectivity index (χ4v) is 7.20. The number of ketones is 2. The Morgan fingerprint density at radius 2 is 1.08 bits per heavy atom. The van der Waals surface area contributed by atoms with Gasteiger partial charge in [0.15, 0.2) is 0 Å². The third kappa shape index (κ3) is 2.34. The van der Waals surface area contributed by atoms with Crippen LogP contribution in [-0.2, 0) is 9.59 Å². The molecule has 25 heavy (non-hydrogen) atoms. The van der Waals surface area contributed by atoms with Crippen molar-refractivity contribution in [3.63, 3.8) is 0 Å². The van der Waals surface area contributed by atoms with Gasteiger partial charge in [0.2, 0.25) is 0 Å². The molecule has 2 nitrogen and oxygen atoms in total. The van der Waals surface area contributed by atoms with E-state index in [2.05, 4.69) is 41.5 Å². The molecule has 0 aromatic rings. The Labute approximate surface area is 155 Å². The molecule has 4 aliphatic rings. The van der Waals surface area contributed by atoms with Crippen LogP contribution in [0.15, 0.2) is 0 Å². The van der Waals surface area contributed by atoms with Gasteiger partial charge in [0.1, 0.15) is 11.6 Å². The van der Waals surface area contributed by atoms with Crippen molar-refractivity contribution >= 4 is 11.6 Å². The standard InChI is InChI=1S/2C11H18O.CH4/c2*1-4-11-6-5-8(7-9(11)12)10(11,2)3;/h2*8H,4-7H2,1-3H3;1H4. The van der Waals surface area contributed by atoms with Crippen LogP contribution >= 0.6 is 0 Å². The Hall–Kier alpha value is -0.660. The molecule has 0 aromatic carbocycles. The van der Waals surface area contributed by atoms with Crippen molar-refractivity contribution in [2.24, 2.45) is 33.5 Å². The molecular formula is C23H40O2. The van der Waals surface area contributed by atoms with Crippen molar-refractivity contribution in [1.29, 1.82) is 0 Å². The molecule has 2 heteroatoms. The first-order valence-electron chi connectivity index (χ1n) is 10.2. The van der Waals surface area contributed by atoms with E-state index in [0.29, 0.717) is 34.2 Å². The van der Waals surface area contributed by atoms with Crippen LogP contribution in [0.25, 0.3) is 0 Å². The van der Waals surface area contributed by atoms with Crippen molar-refractivity contribution in [3.05, 3.63) is 0 Å². The van der Waals surface area contributed by atoms with E-state index in [0.717, 1.165) is 38.5 Å².